The van der Waals surface area contributed by atoms with Crippen molar-refractivity contribution in [2.24, 2.45) is 0 Å². The van der Waals surface area contributed by atoms with Gasteiger partial charge in [-0.15, -0.1) is 0 Å². The van der Waals surface area contributed by atoms with Crippen LogP contribution in [-0.4, -0.2) is 35.7 Å². The molecule has 5 nitrogen and oxygen atoms in total. The van der Waals surface area contributed by atoms with E-state index in [4.69, 9.17) is 4.84 Å². The highest BCUT2D eigenvalue weighted by Crippen LogP contribution is 2.20. The lowest BCUT2D eigenvalue weighted by Crippen LogP contribution is -2.31. The number of hydroxylamine groups is 2. The Labute approximate surface area is 106 Å². The fourth-order valence-corrected chi connectivity index (χ4v) is 1.84. The van der Waals surface area contributed by atoms with Crippen molar-refractivity contribution in [3.63, 3.8) is 0 Å². The van der Waals surface area contributed by atoms with Crippen LogP contribution in [0.2, 0.25) is 0 Å². The molecule has 1 rings (SSSR count). The van der Waals surface area contributed by atoms with Gasteiger partial charge >= 0.3 is 5.97 Å². The average Bonchev–Trinajstić information content (AvgIpc) is 2.32. The number of hydrogen-bond acceptors (Lipinski definition) is 3. The van der Waals surface area contributed by atoms with Crippen molar-refractivity contribution >= 4 is 11.9 Å². The number of benzene rings is 1. The second kappa shape index (κ2) is 5.64. The van der Waals surface area contributed by atoms with Crippen molar-refractivity contribution in [3.05, 3.63) is 34.4 Å². The molecular formula is C13H17NO4. The molecule has 5 heteroatoms. The second-order valence-electron chi connectivity index (χ2n) is 3.94. The first kappa shape index (κ1) is 14.2. The van der Waals surface area contributed by atoms with Crippen LogP contribution in [-0.2, 0) is 4.84 Å². The first-order chi connectivity index (χ1) is 8.43. The summed E-state index contributed by atoms with van der Waals surface area (Å²) < 4.78 is 0. The van der Waals surface area contributed by atoms with Gasteiger partial charge in [-0.3, -0.25) is 9.63 Å². The van der Waals surface area contributed by atoms with Crippen LogP contribution in [0.1, 0.15) is 38.8 Å². The van der Waals surface area contributed by atoms with Gasteiger partial charge in [0.15, 0.2) is 0 Å². The van der Waals surface area contributed by atoms with E-state index in [0.717, 1.165) is 5.06 Å². The molecule has 0 atom stereocenters. The molecule has 0 aromatic heterocycles. The molecule has 0 saturated carbocycles. The molecule has 1 aromatic rings. The minimum absolute atomic E-state index is 0.0375. The molecule has 1 N–H and O–H groups in total. The van der Waals surface area contributed by atoms with Crippen LogP contribution in [0.4, 0.5) is 0 Å². The maximum Gasteiger partial charge on any atom is 0.336 e. The predicted molar refractivity (Wildman–Crippen MR) is 66.6 cm³/mol. The molecule has 0 bridgehead atoms. The fourth-order valence-electron chi connectivity index (χ4n) is 1.84. The Hall–Kier alpha value is -1.88. The quantitative estimate of drug-likeness (QED) is 0.831. The molecule has 0 aliphatic rings. The summed E-state index contributed by atoms with van der Waals surface area (Å²) in [5, 5.41) is 10.4. The predicted octanol–water partition coefficient (Wildman–Crippen LogP) is 2.03. The Balaban J connectivity index is 3.43. The third-order valence-electron chi connectivity index (χ3n) is 2.78. The van der Waals surface area contributed by atoms with Crippen molar-refractivity contribution in [1.29, 1.82) is 0 Å². The fraction of sp³-hybridized carbons (Fsp3) is 0.385. The van der Waals surface area contributed by atoms with Crippen LogP contribution in [0, 0.1) is 13.8 Å². The summed E-state index contributed by atoms with van der Waals surface area (Å²) in [4.78, 5) is 28.5. The zero-order valence-electron chi connectivity index (χ0n) is 11.0. The summed E-state index contributed by atoms with van der Waals surface area (Å²) in [5.41, 5.74) is 1.41. The third kappa shape index (κ3) is 2.51. The average molecular weight is 251 g/mol. The van der Waals surface area contributed by atoms with E-state index in [-0.39, 0.29) is 11.1 Å². The molecule has 0 aliphatic carbocycles. The Morgan fingerprint density at radius 2 is 1.72 bits per heavy atom. The number of amides is 1. The van der Waals surface area contributed by atoms with E-state index in [2.05, 4.69) is 0 Å². The summed E-state index contributed by atoms with van der Waals surface area (Å²) in [6.07, 6.45) is 0. The minimum atomic E-state index is -1.10. The van der Waals surface area contributed by atoms with Gasteiger partial charge in [0.1, 0.15) is 0 Å². The van der Waals surface area contributed by atoms with Crippen molar-refractivity contribution < 1.29 is 19.5 Å². The standard InChI is InChI=1S/C13H17NO4/c1-5-14(18-4)12(15)10-8(2)6-7-9(3)11(10)13(16)17/h6-7H,5H2,1-4H3,(H,16,17). The molecule has 0 heterocycles. The van der Waals surface area contributed by atoms with E-state index in [1.807, 2.05) is 0 Å². The number of carbonyl (C=O) groups is 2. The largest absolute Gasteiger partial charge is 0.478 e. The van der Waals surface area contributed by atoms with Crippen LogP contribution in [0.15, 0.2) is 12.1 Å². The monoisotopic (exact) mass is 251 g/mol. The van der Waals surface area contributed by atoms with E-state index in [1.165, 1.54) is 7.11 Å². The number of rotatable bonds is 4. The highest BCUT2D eigenvalue weighted by atomic mass is 16.7. The van der Waals surface area contributed by atoms with E-state index in [1.54, 1.807) is 32.9 Å². The van der Waals surface area contributed by atoms with Crippen molar-refractivity contribution in [3.8, 4) is 0 Å². The zero-order chi connectivity index (χ0) is 13.9. The summed E-state index contributed by atoms with van der Waals surface area (Å²) in [6.45, 7) is 5.49. The first-order valence-corrected chi connectivity index (χ1v) is 5.63. The van der Waals surface area contributed by atoms with Crippen molar-refractivity contribution in [2.75, 3.05) is 13.7 Å². The Morgan fingerprint density at radius 1 is 1.22 bits per heavy atom. The first-order valence-electron chi connectivity index (χ1n) is 5.63. The van der Waals surface area contributed by atoms with Gasteiger partial charge < -0.3 is 5.11 Å². The number of hydrogen-bond donors (Lipinski definition) is 1. The summed E-state index contributed by atoms with van der Waals surface area (Å²) >= 11 is 0. The lowest BCUT2D eigenvalue weighted by atomic mass is 9.96. The Bertz CT molecular complexity index is 478. The topological polar surface area (TPSA) is 66.8 Å². The number of carbonyl (C=O) groups excluding carboxylic acids is 1. The summed E-state index contributed by atoms with van der Waals surface area (Å²) in [5.74, 6) is -1.54. The molecule has 98 valence electrons. The zero-order valence-corrected chi connectivity index (χ0v) is 11.0. The van der Waals surface area contributed by atoms with Crippen molar-refractivity contribution in [2.45, 2.75) is 20.8 Å². The van der Waals surface area contributed by atoms with Crippen LogP contribution >= 0.6 is 0 Å². The Morgan fingerprint density at radius 3 is 2.11 bits per heavy atom. The number of aromatic carboxylic acids is 1. The molecule has 0 fully saturated rings. The van der Waals surface area contributed by atoms with Gasteiger partial charge in [-0.05, 0) is 31.9 Å². The molecule has 0 radical (unpaired) electrons. The number of carboxylic acid groups (broad SMARTS) is 1. The maximum absolute atomic E-state index is 12.2. The van der Waals surface area contributed by atoms with E-state index >= 15 is 0 Å². The van der Waals surface area contributed by atoms with Gasteiger partial charge in [-0.25, -0.2) is 9.86 Å². The van der Waals surface area contributed by atoms with E-state index in [9.17, 15) is 14.7 Å². The molecular weight excluding hydrogens is 234 g/mol. The molecule has 1 amide bonds. The molecule has 0 unspecified atom stereocenters. The van der Waals surface area contributed by atoms with Gasteiger partial charge in [-0.2, -0.15) is 0 Å². The Kier molecular flexibility index (Phi) is 4.44. The summed E-state index contributed by atoms with van der Waals surface area (Å²) in [6, 6.07) is 3.43. The highest BCUT2D eigenvalue weighted by Gasteiger charge is 2.24. The number of nitrogens with zero attached hydrogens (tertiary/aromatic N) is 1. The van der Waals surface area contributed by atoms with Crippen LogP contribution < -0.4 is 0 Å². The van der Waals surface area contributed by atoms with E-state index in [0.29, 0.717) is 17.7 Å². The van der Waals surface area contributed by atoms with Crippen LogP contribution in [0.3, 0.4) is 0 Å². The van der Waals surface area contributed by atoms with Gasteiger partial charge in [0.2, 0.25) is 0 Å². The van der Waals surface area contributed by atoms with Crippen LogP contribution in [0.5, 0.6) is 0 Å². The minimum Gasteiger partial charge on any atom is -0.478 e. The lowest BCUT2D eigenvalue weighted by molar-refractivity contribution is -0.0916. The second-order valence-corrected chi connectivity index (χ2v) is 3.94. The van der Waals surface area contributed by atoms with E-state index < -0.39 is 11.9 Å². The molecule has 0 saturated heterocycles. The third-order valence-corrected chi connectivity index (χ3v) is 2.78. The molecule has 1 aromatic carbocycles. The lowest BCUT2D eigenvalue weighted by Gasteiger charge is -2.20. The summed E-state index contributed by atoms with van der Waals surface area (Å²) in [7, 11) is 1.38. The molecule has 18 heavy (non-hydrogen) atoms. The highest BCUT2D eigenvalue weighted by molar-refractivity contribution is 6.06. The molecule has 0 spiro atoms. The SMILES string of the molecule is CCN(OC)C(=O)c1c(C)ccc(C)c1C(=O)O. The van der Waals surface area contributed by atoms with Crippen LogP contribution in [0.25, 0.3) is 0 Å². The number of carboxylic acids is 1. The molecule has 0 aliphatic heterocycles. The van der Waals surface area contributed by atoms with Gasteiger partial charge in [-0.1, -0.05) is 12.1 Å². The van der Waals surface area contributed by atoms with Crippen molar-refractivity contribution in [1.82, 2.24) is 5.06 Å². The number of aryl methyl sites for hydroxylation is 2. The normalized spacial score (nSPS) is 10.2. The smallest absolute Gasteiger partial charge is 0.336 e. The van der Waals surface area contributed by atoms with Gasteiger partial charge in [0.25, 0.3) is 5.91 Å². The van der Waals surface area contributed by atoms with Gasteiger partial charge in [0.05, 0.1) is 18.2 Å². The van der Waals surface area contributed by atoms with Gasteiger partial charge in [0, 0.05) is 6.54 Å². The maximum atomic E-state index is 12.2.